The van der Waals surface area contributed by atoms with Crippen LogP contribution in [0.2, 0.25) is 0 Å². The first-order chi connectivity index (χ1) is 17.7. The van der Waals surface area contributed by atoms with Gasteiger partial charge >= 0.3 is 5.97 Å². The summed E-state index contributed by atoms with van der Waals surface area (Å²) in [6.45, 7) is 1.89. The average molecular weight is 533 g/mol. The molecule has 0 aliphatic rings. The smallest absolute Gasteiger partial charge is 0.335 e. The van der Waals surface area contributed by atoms with Crippen LogP contribution >= 0.6 is 11.8 Å². The second-order valence-electron chi connectivity index (χ2n) is 8.23. The van der Waals surface area contributed by atoms with Crippen molar-refractivity contribution in [1.29, 1.82) is 0 Å². The van der Waals surface area contributed by atoms with Gasteiger partial charge in [0.05, 0.1) is 10.5 Å². The summed E-state index contributed by atoms with van der Waals surface area (Å²) in [6.07, 6.45) is 0. The number of amides is 1. The molecule has 1 atom stereocenters. The van der Waals surface area contributed by atoms with E-state index in [1.807, 2.05) is 37.3 Å². The first kappa shape index (κ1) is 26.0. The molecule has 4 aromatic rings. The Morgan fingerprint density at radius 2 is 1.49 bits per heavy atom. The summed E-state index contributed by atoms with van der Waals surface area (Å²) >= 11 is 1.30. The van der Waals surface area contributed by atoms with Crippen LogP contribution in [0.3, 0.4) is 0 Å². The molecule has 0 fully saturated rings. The van der Waals surface area contributed by atoms with Gasteiger partial charge in [0.25, 0.3) is 10.0 Å². The summed E-state index contributed by atoms with van der Waals surface area (Å²) in [6, 6.07) is 28.6. The number of carboxylic acids is 1. The van der Waals surface area contributed by atoms with Crippen molar-refractivity contribution in [3.63, 3.8) is 0 Å². The van der Waals surface area contributed by atoms with Gasteiger partial charge in [0.2, 0.25) is 5.91 Å². The molecule has 0 radical (unpaired) electrons. The lowest BCUT2D eigenvalue weighted by atomic mass is 10.1. The molecule has 188 valence electrons. The maximum Gasteiger partial charge on any atom is 0.335 e. The Bertz CT molecular complexity index is 1500. The Kier molecular flexibility index (Phi) is 7.95. The summed E-state index contributed by atoms with van der Waals surface area (Å²) in [4.78, 5) is 25.5. The van der Waals surface area contributed by atoms with E-state index in [9.17, 15) is 23.1 Å². The highest BCUT2D eigenvalue weighted by molar-refractivity contribution is 8.00. The van der Waals surface area contributed by atoms with Crippen LogP contribution in [0.1, 0.15) is 26.7 Å². The molecule has 0 aliphatic carbocycles. The van der Waals surface area contributed by atoms with Gasteiger partial charge in [-0.05, 0) is 67.1 Å². The third kappa shape index (κ3) is 6.78. The van der Waals surface area contributed by atoms with Crippen molar-refractivity contribution in [3.8, 4) is 0 Å². The third-order valence-corrected chi connectivity index (χ3v) is 8.07. The van der Waals surface area contributed by atoms with Crippen molar-refractivity contribution in [1.82, 2.24) is 0 Å². The molecular weight excluding hydrogens is 508 g/mol. The van der Waals surface area contributed by atoms with Crippen LogP contribution in [-0.4, -0.2) is 25.4 Å². The number of hydrogen-bond acceptors (Lipinski definition) is 5. The monoisotopic (exact) mass is 532 g/mol. The minimum Gasteiger partial charge on any atom is -0.478 e. The Hall–Kier alpha value is -4.08. The number of rotatable bonds is 9. The first-order valence-electron chi connectivity index (χ1n) is 11.3. The predicted molar refractivity (Wildman–Crippen MR) is 146 cm³/mol. The molecular formula is C28H24N2O5S2. The lowest BCUT2D eigenvalue weighted by Crippen LogP contribution is -2.19. The molecule has 1 unspecified atom stereocenters. The van der Waals surface area contributed by atoms with E-state index in [1.165, 1.54) is 23.9 Å². The maximum atomic E-state index is 13.3. The van der Waals surface area contributed by atoms with Crippen LogP contribution in [0.5, 0.6) is 0 Å². The molecule has 0 aromatic heterocycles. The van der Waals surface area contributed by atoms with Crippen LogP contribution in [0.15, 0.2) is 113 Å². The van der Waals surface area contributed by atoms with Crippen molar-refractivity contribution < 1.29 is 23.1 Å². The van der Waals surface area contributed by atoms with Crippen LogP contribution in [-0.2, 0) is 14.8 Å². The van der Waals surface area contributed by atoms with Gasteiger partial charge in [-0.25, -0.2) is 13.2 Å². The number of carboxylic acid groups (broad SMARTS) is 1. The highest BCUT2D eigenvalue weighted by Crippen LogP contribution is 2.37. The third-order valence-electron chi connectivity index (χ3n) is 5.41. The number of aromatic carboxylic acids is 1. The molecule has 3 N–H and O–H groups in total. The molecule has 4 rings (SSSR count). The van der Waals surface area contributed by atoms with Gasteiger partial charge in [0, 0.05) is 16.3 Å². The largest absolute Gasteiger partial charge is 0.478 e. The summed E-state index contributed by atoms with van der Waals surface area (Å²) in [7, 11) is -3.73. The van der Waals surface area contributed by atoms with Crippen LogP contribution in [0.4, 0.5) is 11.4 Å². The minimum absolute atomic E-state index is 0.0744. The quantitative estimate of drug-likeness (QED) is 0.229. The Balaban J connectivity index is 1.52. The predicted octanol–water partition coefficient (Wildman–Crippen LogP) is 5.97. The fourth-order valence-corrected chi connectivity index (χ4v) is 5.59. The summed E-state index contributed by atoms with van der Waals surface area (Å²) in [5.74, 6) is -1.40. The lowest BCUT2D eigenvalue weighted by molar-refractivity contribution is -0.115. The van der Waals surface area contributed by atoms with Crippen LogP contribution in [0, 0.1) is 6.92 Å². The molecule has 0 spiro atoms. The summed E-state index contributed by atoms with van der Waals surface area (Å²) < 4.78 is 27.9. The zero-order valence-corrected chi connectivity index (χ0v) is 21.4. The Morgan fingerprint density at radius 3 is 2.14 bits per heavy atom. The Morgan fingerprint density at radius 1 is 0.811 bits per heavy atom. The second kappa shape index (κ2) is 11.3. The van der Waals surface area contributed by atoms with Crippen molar-refractivity contribution in [2.75, 3.05) is 10.0 Å². The van der Waals surface area contributed by atoms with Crippen LogP contribution < -0.4 is 10.0 Å². The van der Waals surface area contributed by atoms with Gasteiger partial charge in [-0.2, -0.15) is 0 Å². The van der Waals surface area contributed by atoms with Gasteiger partial charge in [-0.3, -0.25) is 9.52 Å². The number of sulfonamides is 1. The molecule has 4 aromatic carbocycles. The van der Waals surface area contributed by atoms with E-state index < -0.39 is 21.2 Å². The van der Waals surface area contributed by atoms with Gasteiger partial charge in [0.15, 0.2) is 0 Å². The van der Waals surface area contributed by atoms with Gasteiger partial charge < -0.3 is 10.4 Å². The fraction of sp³-hybridized carbons (Fsp3) is 0.0714. The molecule has 0 heterocycles. The highest BCUT2D eigenvalue weighted by Gasteiger charge is 2.23. The summed E-state index contributed by atoms with van der Waals surface area (Å²) in [5.41, 5.74) is 2.59. The zero-order chi connectivity index (χ0) is 26.4. The number of thioether (sulfide) groups is 1. The van der Waals surface area contributed by atoms with E-state index in [4.69, 9.17) is 0 Å². The normalized spacial score (nSPS) is 11.9. The van der Waals surface area contributed by atoms with E-state index in [2.05, 4.69) is 10.0 Å². The number of benzene rings is 4. The standard InChI is InChI=1S/C28H24N2O5S2/c1-19-10-16-25(17-11-19)37(34,35)30-22-12-14-24(15-13-22)36-26(20-6-3-2-4-7-20)27(31)29-23-9-5-8-21(18-23)28(32)33/h2-18,26,30H,1H3,(H,29,31)(H,32,33). The van der Waals surface area contributed by atoms with Crippen molar-refractivity contribution in [3.05, 3.63) is 120 Å². The second-order valence-corrected chi connectivity index (χ2v) is 11.1. The zero-order valence-electron chi connectivity index (χ0n) is 19.8. The van der Waals surface area contributed by atoms with E-state index >= 15 is 0 Å². The van der Waals surface area contributed by atoms with Gasteiger partial charge in [-0.1, -0.05) is 54.1 Å². The molecule has 7 nitrogen and oxygen atoms in total. The SMILES string of the molecule is Cc1ccc(S(=O)(=O)Nc2ccc(SC(C(=O)Nc3cccc(C(=O)O)c3)c3ccccc3)cc2)cc1. The number of aryl methyl sites for hydroxylation is 1. The number of carbonyl (C=O) groups excluding carboxylic acids is 1. The topological polar surface area (TPSA) is 113 Å². The molecule has 0 saturated heterocycles. The van der Waals surface area contributed by atoms with Crippen molar-refractivity contribution >= 4 is 45.0 Å². The Labute approximate surface area is 219 Å². The minimum atomic E-state index is -3.73. The maximum absolute atomic E-state index is 13.3. The first-order valence-corrected chi connectivity index (χ1v) is 13.6. The molecule has 0 aliphatic heterocycles. The fourth-order valence-electron chi connectivity index (χ4n) is 3.51. The summed E-state index contributed by atoms with van der Waals surface area (Å²) in [5, 5.41) is 11.4. The number of nitrogens with one attached hydrogen (secondary N) is 2. The van der Waals surface area contributed by atoms with Crippen molar-refractivity contribution in [2.45, 2.75) is 22.0 Å². The number of hydrogen-bond donors (Lipinski definition) is 3. The average Bonchev–Trinajstić information content (AvgIpc) is 2.89. The highest BCUT2D eigenvalue weighted by atomic mass is 32.2. The molecule has 0 bridgehead atoms. The van der Waals surface area contributed by atoms with Crippen molar-refractivity contribution in [2.24, 2.45) is 0 Å². The number of anilines is 2. The molecule has 9 heteroatoms. The molecule has 1 amide bonds. The van der Waals surface area contributed by atoms with E-state index in [0.717, 1.165) is 16.0 Å². The molecule has 0 saturated carbocycles. The number of carbonyl (C=O) groups is 2. The van der Waals surface area contributed by atoms with E-state index in [1.54, 1.807) is 60.7 Å². The van der Waals surface area contributed by atoms with E-state index in [-0.39, 0.29) is 16.4 Å². The molecule has 37 heavy (non-hydrogen) atoms. The van der Waals surface area contributed by atoms with Gasteiger partial charge in [0.1, 0.15) is 5.25 Å². The lowest BCUT2D eigenvalue weighted by Gasteiger charge is -2.18. The van der Waals surface area contributed by atoms with Crippen LogP contribution in [0.25, 0.3) is 0 Å². The van der Waals surface area contributed by atoms with E-state index in [0.29, 0.717) is 11.4 Å². The van der Waals surface area contributed by atoms with Gasteiger partial charge in [-0.15, -0.1) is 11.8 Å².